The van der Waals surface area contributed by atoms with Crippen LogP contribution in [0.1, 0.15) is 39.0 Å². The summed E-state index contributed by atoms with van der Waals surface area (Å²) < 4.78 is 11.0. The van der Waals surface area contributed by atoms with Crippen molar-refractivity contribution >= 4 is 17.7 Å². The average Bonchev–Trinajstić information content (AvgIpc) is 3.27. The summed E-state index contributed by atoms with van der Waals surface area (Å²) in [5, 5.41) is 8.15. The predicted octanol–water partition coefficient (Wildman–Crippen LogP) is 4.95. The Labute approximate surface area is 169 Å². The lowest BCUT2D eigenvalue weighted by atomic mass is 10.0. The van der Waals surface area contributed by atoms with Gasteiger partial charge in [-0.1, -0.05) is 42.1 Å². The van der Waals surface area contributed by atoms with Gasteiger partial charge in [0.2, 0.25) is 5.91 Å². The standard InChI is InChI=1S/C21H25N3O3S/c1-14-17(11-12-26-14)18-22-23-20(27-18)28-15(2)19(25)24(21(3,4)5)13-16-9-7-6-8-10-16/h6-12,15H,13H2,1-5H3/t15-/m0/s1. The highest BCUT2D eigenvalue weighted by molar-refractivity contribution is 8.00. The molecule has 7 heteroatoms. The number of amides is 1. The zero-order valence-electron chi connectivity index (χ0n) is 16.8. The lowest BCUT2D eigenvalue weighted by molar-refractivity contribution is -0.135. The molecule has 0 bridgehead atoms. The van der Waals surface area contributed by atoms with E-state index >= 15 is 0 Å². The molecule has 148 valence electrons. The second kappa shape index (κ2) is 8.22. The van der Waals surface area contributed by atoms with Crippen molar-refractivity contribution in [1.29, 1.82) is 0 Å². The number of aryl methyl sites for hydroxylation is 1. The van der Waals surface area contributed by atoms with Gasteiger partial charge in [0, 0.05) is 12.1 Å². The third-order valence-corrected chi connectivity index (χ3v) is 5.30. The van der Waals surface area contributed by atoms with E-state index in [1.807, 2.05) is 69.9 Å². The van der Waals surface area contributed by atoms with Crippen molar-refractivity contribution in [3.8, 4) is 11.5 Å². The Bertz CT molecular complexity index is 928. The van der Waals surface area contributed by atoms with Crippen LogP contribution in [0.25, 0.3) is 11.5 Å². The van der Waals surface area contributed by atoms with Crippen LogP contribution in [0.3, 0.4) is 0 Å². The predicted molar refractivity (Wildman–Crippen MR) is 109 cm³/mol. The van der Waals surface area contributed by atoms with Crippen LogP contribution in [0, 0.1) is 6.92 Å². The van der Waals surface area contributed by atoms with Crippen LogP contribution in [0.15, 0.2) is 56.7 Å². The number of nitrogens with zero attached hydrogens (tertiary/aromatic N) is 3. The molecule has 2 aromatic heterocycles. The van der Waals surface area contributed by atoms with Gasteiger partial charge in [-0.25, -0.2) is 0 Å². The average molecular weight is 400 g/mol. The van der Waals surface area contributed by atoms with E-state index < -0.39 is 0 Å². The van der Waals surface area contributed by atoms with Gasteiger partial charge in [-0.3, -0.25) is 4.79 Å². The lowest BCUT2D eigenvalue weighted by Gasteiger charge is -2.37. The maximum Gasteiger partial charge on any atom is 0.277 e. The van der Waals surface area contributed by atoms with Crippen LogP contribution in [0.4, 0.5) is 0 Å². The molecule has 0 saturated carbocycles. The fourth-order valence-corrected chi connectivity index (χ4v) is 3.55. The topological polar surface area (TPSA) is 72.4 Å². The van der Waals surface area contributed by atoms with Gasteiger partial charge in [-0.2, -0.15) is 0 Å². The number of benzene rings is 1. The Morgan fingerprint density at radius 2 is 1.89 bits per heavy atom. The van der Waals surface area contributed by atoms with E-state index in [4.69, 9.17) is 8.83 Å². The van der Waals surface area contributed by atoms with Gasteiger partial charge in [0.25, 0.3) is 11.1 Å². The first-order valence-electron chi connectivity index (χ1n) is 9.15. The monoisotopic (exact) mass is 399 g/mol. The van der Waals surface area contributed by atoms with Crippen LogP contribution >= 0.6 is 11.8 Å². The molecule has 0 aliphatic carbocycles. The van der Waals surface area contributed by atoms with Gasteiger partial charge in [-0.05, 0) is 46.2 Å². The fraction of sp³-hybridized carbons (Fsp3) is 0.381. The molecule has 3 aromatic rings. The van der Waals surface area contributed by atoms with Crippen molar-refractivity contribution in [3.05, 3.63) is 54.0 Å². The minimum Gasteiger partial charge on any atom is -0.469 e. The van der Waals surface area contributed by atoms with Gasteiger partial charge in [0.1, 0.15) is 5.76 Å². The number of furan rings is 1. The molecule has 3 rings (SSSR count). The SMILES string of the molecule is Cc1occc1-c1nnc(S[C@@H](C)C(=O)N(Cc2ccccc2)C(C)(C)C)o1. The van der Waals surface area contributed by atoms with Crippen LogP contribution in [-0.4, -0.2) is 31.8 Å². The summed E-state index contributed by atoms with van der Waals surface area (Å²) in [5.74, 6) is 1.14. The molecule has 0 aliphatic heterocycles. The van der Waals surface area contributed by atoms with Crippen molar-refractivity contribution < 1.29 is 13.6 Å². The molecule has 6 nitrogen and oxygen atoms in total. The number of thioether (sulfide) groups is 1. The Morgan fingerprint density at radius 1 is 1.18 bits per heavy atom. The summed E-state index contributed by atoms with van der Waals surface area (Å²) >= 11 is 1.27. The molecule has 0 unspecified atom stereocenters. The quantitative estimate of drug-likeness (QED) is 0.546. The molecular weight excluding hydrogens is 374 g/mol. The van der Waals surface area contributed by atoms with Gasteiger partial charge in [0.05, 0.1) is 17.1 Å². The Balaban J connectivity index is 1.73. The zero-order chi connectivity index (χ0) is 20.3. The van der Waals surface area contributed by atoms with Gasteiger partial charge in [-0.15, -0.1) is 10.2 Å². The van der Waals surface area contributed by atoms with Crippen molar-refractivity contribution in [2.45, 2.75) is 57.2 Å². The van der Waals surface area contributed by atoms with Gasteiger partial charge < -0.3 is 13.7 Å². The molecule has 28 heavy (non-hydrogen) atoms. The summed E-state index contributed by atoms with van der Waals surface area (Å²) in [6.07, 6.45) is 1.58. The number of carbonyl (C=O) groups excluding carboxylic acids is 1. The lowest BCUT2D eigenvalue weighted by Crippen LogP contribution is -2.48. The van der Waals surface area contributed by atoms with E-state index in [2.05, 4.69) is 10.2 Å². The molecule has 1 atom stereocenters. The third-order valence-electron chi connectivity index (χ3n) is 4.38. The maximum atomic E-state index is 13.2. The third kappa shape index (κ3) is 4.65. The number of hydrogen-bond acceptors (Lipinski definition) is 6. The van der Waals surface area contributed by atoms with Crippen LogP contribution in [0.2, 0.25) is 0 Å². The molecule has 0 spiro atoms. The second-order valence-corrected chi connectivity index (χ2v) is 8.90. The molecule has 0 fully saturated rings. The zero-order valence-corrected chi connectivity index (χ0v) is 17.6. The van der Waals surface area contributed by atoms with E-state index in [1.165, 1.54) is 11.8 Å². The first kappa shape index (κ1) is 20.2. The van der Waals surface area contributed by atoms with E-state index in [1.54, 1.807) is 12.3 Å². The van der Waals surface area contributed by atoms with Crippen molar-refractivity contribution in [2.75, 3.05) is 0 Å². The van der Waals surface area contributed by atoms with E-state index in [0.29, 0.717) is 23.4 Å². The van der Waals surface area contributed by atoms with Crippen molar-refractivity contribution in [3.63, 3.8) is 0 Å². The summed E-state index contributed by atoms with van der Waals surface area (Å²) in [6, 6.07) is 11.8. The largest absolute Gasteiger partial charge is 0.469 e. The number of hydrogen-bond donors (Lipinski definition) is 0. The molecule has 1 amide bonds. The molecule has 0 saturated heterocycles. The molecule has 2 heterocycles. The Morgan fingerprint density at radius 3 is 2.50 bits per heavy atom. The number of aromatic nitrogens is 2. The Hall–Kier alpha value is -2.54. The minimum absolute atomic E-state index is 0.0283. The van der Waals surface area contributed by atoms with Gasteiger partial charge >= 0.3 is 0 Å². The maximum absolute atomic E-state index is 13.2. The van der Waals surface area contributed by atoms with E-state index in [-0.39, 0.29) is 16.7 Å². The van der Waals surface area contributed by atoms with Crippen molar-refractivity contribution in [2.24, 2.45) is 0 Å². The first-order chi connectivity index (χ1) is 13.3. The summed E-state index contributed by atoms with van der Waals surface area (Å²) in [5.41, 5.74) is 1.55. The van der Waals surface area contributed by atoms with Crippen LogP contribution in [-0.2, 0) is 11.3 Å². The van der Waals surface area contributed by atoms with Crippen LogP contribution < -0.4 is 0 Å². The number of carbonyl (C=O) groups is 1. The van der Waals surface area contributed by atoms with Gasteiger partial charge in [0.15, 0.2) is 0 Å². The highest BCUT2D eigenvalue weighted by Gasteiger charge is 2.31. The van der Waals surface area contributed by atoms with Crippen LogP contribution in [0.5, 0.6) is 0 Å². The normalized spacial score (nSPS) is 12.8. The fourth-order valence-electron chi connectivity index (χ4n) is 2.81. The molecule has 0 radical (unpaired) electrons. The molecule has 0 aliphatic rings. The smallest absolute Gasteiger partial charge is 0.277 e. The second-order valence-electron chi connectivity index (χ2n) is 7.60. The Kier molecular flexibility index (Phi) is 5.93. The number of rotatable bonds is 6. The molecule has 0 N–H and O–H groups in total. The van der Waals surface area contributed by atoms with E-state index in [0.717, 1.165) is 11.1 Å². The van der Waals surface area contributed by atoms with E-state index in [9.17, 15) is 4.79 Å². The summed E-state index contributed by atoms with van der Waals surface area (Å²) in [4.78, 5) is 15.1. The summed E-state index contributed by atoms with van der Waals surface area (Å²) in [7, 11) is 0. The van der Waals surface area contributed by atoms with Crippen molar-refractivity contribution in [1.82, 2.24) is 15.1 Å². The molecular formula is C21H25N3O3S. The highest BCUT2D eigenvalue weighted by Crippen LogP contribution is 2.30. The molecule has 1 aromatic carbocycles. The first-order valence-corrected chi connectivity index (χ1v) is 10.0. The minimum atomic E-state index is -0.360. The highest BCUT2D eigenvalue weighted by atomic mass is 32.2. The summed E-state index contributed by atoms with van der Waals surface area (Å²) in [6.45, 7) is 10.4.